The second-order valence-electron chi connectivity index (χ2n) is 5.61. The monoisotopic (exact) mass is 330 g/mol. The number of hydrogen-bond acceptors (Lipinski definition) is 4. The maximum atomic E-state index is 12.9. The molecule has 0 bridgehead atoms. The van der Waals surface area contributed by atoms with Gasteiger partial charge in [0.05, 0.1) is 0 Å². The third kappa shape index (κ3) is 4.06. The molecule has 4 nitrogen and oxygen atoms in total. The molecule has 0 aromatic carbocycles. The van der Waals surface area contributed by atoms with Gasteiger partial charge >= 0.3 is 0 Å². The van der Waals surface area contributed by atoms with E-state index >= 15 is 0 Å². The van der Waals surface area contributed by atoms with Gasteiger partial charge in [-0.25, -0.2) is 8.42 Å². The average Bonchev–Trinajstić information content (AvgIpc) is 2.95. The molecular weight excluding hydrogens is 304 g/mol. The second kappa shape index (κ2) is 7.72. The van der Waals surface area contributed by atoms with Gasteiger partial charge in [-0.1, -0.05) is 26.7 Å². The van der Waals surface area contributed by atoms with Gasteiger partial charge in [-0.15, -0.1) is 11.3 Å². The highest BCUT2D eigenvalue weighted by molar-refractivity contribution is 7.91. The Balaban J connectivity index is 2.17. The van der Waals surface area contributed by atoms with E-state index in [4.69, 9.17) is 0 Å². The van der Waals surface area contributed by atoms with Crippen molar-refractivity contribution in [1.82, 2.24) is 9.62 Å². The van der Waals surface area contributed by atoms with Crippen LogP contribution in [-0.4, -0.2) is 31.9 Å². The number of hydrogen-bond donors (Lipinski definition) is 1. The summed E-state index contributed by atoms with van der Waals surface area (Å²) in [7, 11) is -3.31. The maximum Gasteiger partial charge on any atom is 0.252 e. The number of thiophene rings is 1. The van der Waals surface area contributed by atoms with E-state index in [9.17, 15) is 8.42 Å². The number of sulfonamides is 1. The molecule has 1 fully saturated rings. The lowest BCUT2D eigenvalue weighted by molar-refractivity contribution is 0.240. The van der Waals surface area contributed by atoms with E-state index in [2.05, 4.69) is 12.2 Å². The fourth-order valence-electron chi connectivity index (χ4n) is 2.88. The Labute approximate surface area is 132 Å². The molecule has 1 atom stereocenters. The van der Waals surface area contributed by atoms with Gasteiger partial charge in [0.15, 0.2) is 0 Å². The Morgan fingerprint density at radius 2 is 2.19 bits per heavy atom. The summed E-state index contributed by atoms with van der Waals surface area (Å²) >= 11 is 1.35. The number of piperidine rings is 1. The summed E-state index contributed by atoms with van der Waals surface area (Å²) in [5.41, 5.74) is 1.06. The van der Waals surface area contributed by atoms with Crippen molar-refractivity contribution in [2.75, 3.05) is 13.1 Å². The van der Waals surface area contributed by atoms with Crippen LogP contribution in [0.15, 0.2) is 15.7 Å². The van der Waals surface area contributed by atoms with E-state index in [0.29, 0.717) is 10.8 Å². The van der Waals surface area contributed by atoms with Gasteiger partial charge in [-0.2, -0.15) is 4.31 Å². The summed E-state index contributed by atoms with van der Waals surface area (Å²) in [5.74, 6) is 0. The van der Waals surface area contributed by atoms with E-state index in [0.717, 1.165) is 50.8 Å². The van der Waals surface area contributed by atoms with Gasteiger partial charge in [0.25, 0.3) is 10.0 Å². The molecule has 1 aliphatic heterocycles. The summed E-state index contributed by atoms with van der Waals surface area (Å²) < 4.78 is 28.0. The Morgan fingerprint density at radius 3 is 2.90 bits per heavy atom. The Bertz CT molecular complexity index is 538. The van der Waals surface area contributed by atoms with Gasteiger partial charge in [0.2, 0.25) is 0 Å². The predicted molar refractivity (Wildman–Crippen MR) is 88.1 cm³/mol. The van der Waals surface area contributed by atoms with Crippen LogP contribution in [0.3, 0.4) is 0 Å². The first-order valence-electron chi connectivity index (χ1n) is 7.89. The third-order valence-electron chi connectivity index (χ3n) is 3.97. The molecule has 0 saturated carbocycles. The zero-order valence-corrected chi connectivity index (χ0v) is 14.6. The largest absolute Gasteiger partial charge is 0.313 e. The highest BCUT2D eigenvalue weighted by Crippen LogP contribution is 2.30. The van der Waals surface area contributed by atoms with Gasteiger partial charge in [-0.3, -0.25) is 0 Å². The van der Waals surface area contributed by atoms with E-state index in [1.54, 1.807) is 4.31 Å². The molecule has 2 rings (SSSR count). The summed E-state index contributed by atoms with van der Waals surface area (Å²) in [6.45, 7) is 6.48. The van der Waals surface area contributed by atoms with Crippen LogP contribution in [0.5, 0.6) is 0 Å². The van der Waals surface area contributed by atoms with Gasteiger partial charge in [-0.05, 0) is 42.8 Å². The first kappa shape index (κ1) is 16.9. The van der Waals surface area contributed by atoms with E-state index < -0.39 is 10.0 Å². The Kier molecular flexibility index (Phi) is 6.22. The quantitative estimate of drug-likeness (QED) is 0.835. The summed E-state index contributed by atoms with van der Waals surface area (Å²) in [5, 5.41) is 5.19. The number of rotatable bonds is 7. The van der Waals surface area contributed by atoms with E-state index in [1.165, 1.54) is 11.3 Å². The van der Waals surface area contributed by atoms with Crippen LogP contribution in [0.2, 0.25) is 0 Å². The minimum absolute atomic E-state index is 0.188. The SMILES string of the molecule is CCCC1CCCCN1S(=O)(=O)c1cc(CNCC)cs1. The average molecular weight is 331 g/mol. The number of nitrogens with zero attached hydrogens (tertiary/aromatic N) is 1. The van der Waals surface area contributed by atoms with Gasteiger partial charge in [0.1, 0.15) is 4.21 Å². The zero-order chi connectivity index (χ0) is 15.3. The zero-order valence-electron chi connectivity index (χ0n) is 13.0. The molecule has 1 aliphatic rings. The van der Waals surface area contributed by atoms with Crippen molar-refractivity contribution in [2.24, 2.45) is 0 Å². The van der Waals surface area contributed by atoms with Crippen LogP contribution in [-0.2, 0) is 16.6 Å². The maximum absolute atomic E-state index is 12.9. The van der Waals surface area contributed by atoms with Crippen molar-refractivity contribution in [2.45, 2.75) is 62.7 Å². The van der Waals surface area contributed by atoms with Crippen LogP contribution >= 0.6 is 11.3 Å². The van der Waals surface area contributed by atoms with Crippen LogP contribution < -0.4 is 5.32 Å². The van der Waals surface area contributed by atoms with Gasteiger partial charge < -0.3 is 5.32 Å². The lowest BCUT2D eigenvalue weighted by atomic mass is 10.0. The fourth-order valence-corrected chi connectivity index (χ4v) is 5.94. The van der Waals surface area contributed by atoms with Gasteiger partial charge in [0, 0.05) is 19.1 Å². The second-order valence-corrected chi connectivity index (χ2v) is 8.64. The van der Waals surface area contributed by atoms with E-state index in [-0.39, 0.29) is 6.04 Å². The topological polar surface area (TPSA) is 49.4 Å². The van der Waals surface area contributed by atoms with Crippen molar-refractivity contribution in [3.63, 3.8) is 0 Å². The van der Waals surface area contributed by atoms with Crippen molar-refractivity contribution in [3.8, 4) is 0 Å². The molecule has 120 valence electrons. The molecule has 2 heterocycles. The minimum Gasteiger partial charge on any atom is -0.313 e. The van der Waals surface area contributed by atoms with Crippen LogP contribution in [0.25, 0.3) is 0 Å². The molecule has 0 amide bonds. The molecule has 21 heavy (non-hydrogen) atoms. The number of nitrogens with one attached hydrogen (secondary N) is 1. The van der Waals surface area contributed by atoms with E-state index in [1.807, 2.05) is 18.4 Å². The molecule has 1 N–H and O–H groups in total. The minimum atomic E-state index is -3.31. The normalized spacial score (nSPS) is 20.8. The van der Waals surface area contributed by atoms with Crippen molar-refractivity contribution in [3.05, 3.63) is 17.0 Å². The summed E-state index contributed by atoms with van der Waals surface area (Å²) in [6.07, 6.45) is 5.13. The standard InChI is InChI=1S/C15H26N2O2S2/c1-3-7-14-8-5-6-9-17(14)21(18,19)15-10-13(12-20-15)11-16-4-2/h10,12,14,16H,3-9,11H2,1-2H3. The smallest absolute Gasteiger partial charge is 0.252 e. The molecule has 1 aromatic rings. The lowest BCUT2D eigenvalue weighted by Gasteiger charge is -2.34. The third-order valence-corrected chi connectivity index (χ3v) is 7.38. The molecule has 0 aliphatic carbocycles. The summed E-state index contributed by atoms with van der Waals surface area (Å²) in [4.78, 5) is 0. The highest BCUT2D eigenvalue weighted by atomic mass is 32.2. The van der Waals surface area contributed by atoms with Crippen LogP contribution in [0.1, 0.15) is 51.5 Å². The molecule has 0 radical (unpaired) electrons. The van der Waals surface area contributed by atoms with Crippen LogP contribution in [0, 0.1) is 0 Å². The summed E-state index contributed by atoms with van der Waals surface area (Å²) in [6, 6.07) is 2.02. The first-order valence-corrected chi connectivity index (χ1v) is 10.2. The molecular formula is C15H26N2O2S2. The van der Waals surface area contributed by atoms with Crippen molar-refractivity contribution < 1.29 is 8.42 Å². The van der Waals surface area contributed by atoms with Crippen molar-refractivity contribution in [1.29, 1.82) is 0 Å². The van der Waals surface area contributed by atoms with Crippen molar-refractivity contribution >= 4 is 21.4 Å². The molecule has 0 spiro atoms. The molecule has 1 aromatic heterocycles. The Morgan fingerprint density at radius 1 is 1.38 bits per heavy atom. The molecule has 1 saturated heterocycles. The fraction of sp³-hybridized carbons (Fsp3) is 0.733. The Hall–Kier alpha value is -0.430. The van der Waals surface area contributed by atoms with Crippen LogP contribution in [0.4, 0.5) is 0 Å². The highest BCUT2D eigenvalue weighted by Gasteiger charge is 2.33. The lowest BCUT2D eigenvalue weighted by Crippen LogP contribution is -2.43. The predicted octanol–water partition coefficient (Wildman–Crippen LogP) is 3.20. The first-order chi connectivity index (χ1) is 10.1. The molecule has 6 heteroatoms. The molecule has 1 unspecified atom stereocenters.